The number of aromatic nitrogens is 2. The molecule has 0 amide bonds. The average Bonchev–Trinajstić information content (AvgIpc) is 2.94. The molecular weight excluding hydrogens is 316 g/mol. The molecule has 2 aromatic heterocycles. The van der Waals surface area contributed by atoms with Gasteiger partial charge in [0.15, 0.2) is 5.82 Å². The van der Waals surface area contributed by atoms with Crippen LogP contribution in [0.25, 0.3) is 5.65 Å². The van der Waals surface area contributed by atoms with E-state index in [0.717, 1.165) is 28.0 Å². The standard InChI is InChI=1S/C19H20N4O2/c1-12-7-8-13(2)15(10-12)21-22-19-16(11-17(24)25-4)20-18-14(3)6-5-9-23(18)19/h5-10H,11H2,1-4H3. The van der Waals surface area contributed by atoms with Crippen LogP contribution < -0.4 is 0 Å². The van der Waals surface area contributed by atoms with Crippen LogP contribution in [-0.2, 0) is 16.0 Å². The molecule has 0 spiro atoms. The Hall–Kier alpha value is -3.02. The lowest BCUT2D eigenvalue weighted by Gasteiger charge is -2.02. The van der Waals surface area contributed by atoms with E-state index in [9.17, 15) is 4.79 Å². The molecule has 3 aromatic rings. The van der Waals surface area contributed by atoms with E-state index in [1.165, 1.54) is 7.11 Å². The Kier molecular flexibility index (Phi) is 4.61. The number of pyridine rings is 1. The zero-order valence-electron chi connectivity index (χ0n) is 14.8. The van der Waals surface area contributed by atoms with E-state index in [1.807, 2.05) is 61.7 Å². The van der Waals surface area contributed by atoms with Gasteiger partial charge >= 0.3 is 5.97 Å². The van der Waals surface area contributed by atoms with E-state index in [-0.39, 0.29) is 12.4 Å². The maximum Gasteiger partial charge on any atom is 0.311 e. The van der Waals surface area contributed by atoms with Gasteiger partial charge in [0.1, 0.15) is 5.65 Å². The summed E-state index contributed by atoms with van der Waals surface area (Å²) in [7, 11) is 1.36. The molecule has 0 bridgehead atoms. The highest BCUT2D eigenvalue weighted by Crippen LogP contribution is 2.27. The van der Waals surface area contributed by atoms with Crippen LogP contribution in [0.3, 0.4) is 0 Å². The van der Waals surface area contributed by atoms with Crippen molar-refractivity contribution in [3.63, 3.8) is 0 Å². The topological polar surface area (TPSA) is 68.3 Å². The minimum absolute atomic E-state index is 0.0543. The predicted octanol–water partition coefficient (Wildman–Crippen LogP) is 4.39. The Morgan fingerprint density at radius 3 is 2.72 bits per heavy atom. The molecule has 0 N–H and O–H groups in total. The fourth-order valence-corrected chi connectivity index (χ4v) is 2.60. The smallest absolute Gasteiger partial charge is 0.311 e. The number of hydrogen-bond acceptors (Lipinski definition) is 5. The molecule has 0 saturated carbocycles. The van der Waals surface area contributed by atoms with Crippen molar-refractivity contribution in [1.82, 2.24) is 9.38 Å². The maximum atomic E-state index is 11.7. The summed E-state index contributed by atoms with van der Waals surface area (Å²) in [5.74, 6) is 0.189. The number of ether oxygens (including phenoxy) is 1. The van der Waals surface area contributed by atoms with Crippen LogP contribution >= 0.6 is 0 Å². The monoisotopic (exact) mass is 336 g/mol. The maximum absolute atomic E-state index is 11.7. The van der Waals surface area contributed by atoms with Gasteiger partial charge in [-0.15, -0.1) is 10.2 Å². The van der Waals surface area contributed by atoms with Crippen molar-refractivity contribution in [3.05, 3.63) is 58.9 Å². The molecule has 0 unspecified atom stereocenters. The summed E-state index contributed by atoms with van der Waals surface area (Å²) in [6.45, 7) is 5.97. The predicted molar refractivity (Wildman–Crippen MR) is 95.7 cm³/mol. The minimum atomic E-state index is -0.357. The summed E-state index contributed by atoms with van der Waals surface area (Å²) in [5, 5.41) is 8.81. The molecule has 0 fully saturated rings. The number of benzene rings is 1. The van der Waals surface area contributed by atoms with Crippen molar-refractivity contribution in [2.45, 2.75) is 27.2 Å². The third kappa shape index (κ3) is 3.42. The van der Waals surface area contributed by atoms with Gasteiger partial charge in [0.2, 0.25) is 0 Å². The quantitative estimate of drug-likeness (QED) is 0.524. The first-order valence-electron chi connectivity index (χ1n) is 8.02. The van der Waals surface area contributed by atoms with Gasteiger partial charge in [0.05, 0.1) is 24.9 Å². The zero-order chi connectivity index (χ0) is 18.0. The van der Waals surface area contributed by atoms with Crippen LogP contribution in [-0.4, -0.2) is 22.5 Å². The van der Waals surface area contributed by atoms with Gasteiger partial charge in [0, 0.05) is 6.20 Å². The van der Waals surface area contributed by atoms with Gasteiger partial charge in [0.25, 0.3) is 0 Å². The van der Waals surface area contributed by atoms with E-state index < -0.39 is 0 Å². The van der Waals surface area contributed by atoms with E-state index in [4.69, 9.17) is 4.74 Å². The van der Waals surface area contributed by atoms with Crippen molar-refractivity contribution in [2.75, 3.05) is 7.11 Å². The summed E-state index contributed by atoms with van der Waals surface area (Å²) in [6.07, 6.45) is 1.92. The Balaban J connectivity index is 2.11. The van der Waals surface area contributed by atoms with Crippen LogP contribution in [0.15, 0.2) is 46.8 Å². The summed E-state index contributed by atoms with van der Waals surface area (Å²) in [4.78, 5) is 16.3. The van der Waals surface area contributed by atoms with Crippen molar-refractivity contribution >= 4 is 23.1 Å². The van der Waals surface area contributed by atoms with Gasteiger partial charge in [-0.25, -0.2) is 4.98 Å². The van der Waals surface area contributed by atoms with Crippen molar-refractivity contribution in [2.24, 2.45) is 10.2 Å². The normalized spacial score (nSPS) is 11.4. The van der Waals surface area contributed by atoms with Gasteiger partial charge in [-0.05, 0) is 49.6 Å². The highest BCUT2D eigenvalue weighted by Gasteiger charge is 2.16. The third-order valence-corrected chi connectivity index (χ3v) is 4.05. The summed E-state index contributed by atoms with van der Waals surface area (Å²) in [5.41, 5.74) is 5.26. The highest BCUT2D eigenvalue weighted by molar-refractivity contribution is 5.74. The molecule has 3 rings (SSSR count). The van der Waals surface area contributed by atoms with Gasteiger partial charge < -0.3 is 4.74 Å². The molecule has 0 radical (unpaired) electrons. The number of methoxy groups -OCH3 is 1. The molecule has 1 aromatic carbocycles. The second kappa shape index (κ2) is 6.84. The first-order chi connectivity index (χ1) is 12.0. The summed E-state index contributed by atoms with van der Waals surface area (Å²) >= 11 is 0. The number of imidazole rings is 1. The first kappa shape index (κ1) is 16.8. The fourth-order valence-electron chi connectivity index (χ4n) is 2.60. The number of fused-ring (bicyclic) bond motifs is 1. The first-order valence-corrected chi connectivity index (χ1v) is 8.02. The third-order valence-electron chi connectivity index (χ3n) is 4.05. The van der Waals surface area contributed by atoms with Crippen LogP contribution in [0.5, 0.6) is 0 Å². The van der Waals surface area contributed by atoms with E-state index in [2.05, 4.69) is 15.2 Å². The number of azo groups is 1. The number of carbonyl (C=O) groups excluding carboxylic acids is 1. The largest absolute Gasteiger partial charge is 0.469 e. The summed E-state index contributed by atoms with van der Waals surface area (Å²) in [6, 6.07) is 9.92. The molecule has 0 atom stereocenters. The lowest BCUT2D eigenvalue weighted by molar-refractivity contribution is -0.139. The van der Waals surface area contributed by atoms with Gasteiger partial charge in [-0.1, -0.05) is 18.2 Å². The van der Waals surface area contributed by atoms with Crippen LogP contribution in [0.4, 0.5) is 11.5 Å². The number of esters is 1. The molecule has 0 aliphatic rings. The Morgan fingerprint density at radius 2 is 1.96 bits per heavy atom. The fraction of sp³-hybridized carbons (Fsp3) is 0.263. The number of aryl methyl sites for hydroxylation is 3. The van der Waals surface area contributed by atoms with Gasteiger partial charge in [-0.2, -0.15) is 0 Å². The molecule has 0 aliphatic carbocycles. The molecule has 6 nitrogen and oxygen atoms in total. The Labute approximate surface area is 146 Å². The van der Waals surface area contributed by atoms with Crippen molar-refractivity contribution < 1.29 is 9.53 Å². The van der Waals surface area contributed by atoms with Crippen LogP contribution in [0.1, 0.15) is 22.4 Å². The molecule has 6 heteroatoms. The molecule has 25 heavy (non-hydrogen) atoms. The average molecular weight is 336 g/mol. The number of hydrogen-bond donors (Lipinski definition) is 0. The number of rotatable bonds is 4. The van der Waals surface area contributed by atoms with Crippen molar-refractivity contribution in [1.29, 1.82) is 0 Å². The lowest BCUT2D eigenvalue weighted by Crippen LogP contribution is -2.04. The second-order valence-corrected chi connectivity index (χ2v) is 6.01. The molecule has 0 aliphatic heterocycles. The Morgan fingerprint density at radius 1 is 1.16 bits per heavy atom. The highest BCUT2D eigenvalue weighted by atomic mass is 16.5. The Bertz CT molecular complexity index is 973. The van der Waals surface area contributed by atoms with E-state index >= 15 is 0 Å². The number of nitrogens with zero attached hydrogens (tertiary/aromatic N) is 4. The SMILES string of the molecule is COC(=O)Cc1nc2c(C)cccn2c1N=Nc1cc(C)ccc1C. The molecular formula is C19H20N4O2. The second-order valence-electron chi connectivity index (χ2n) is 6.01. The summed E-state index contributed by atoms with van der Waals surface area (Å²) < 4.78 is 6.62. The molecule has 0 saturated heterocycles. The van der Waals surface area contributed by atoms with E-state index in [1.54, 1.807) is 0 Å². The zero-order valence-corrected chi connectivity index (χ0v) is 14.8. The van der Waals surface area contributed by atoms with Crippen molar-refractivity contribution in [3.8, 4) is 0 Å². The van der Waals surface area contributed by atoms with E-state index in [0.29, 0.717) is 11.5 Å². The number of carbonyl (C=O) groups is 1. The van der Waals surface area contributed by atoms with Crippen LogP contribution in [0.2, 0.25) is 0 Å². The lowest BCUT2D eigenvalue weighted by atomic mass is 10.1. The van der Waals surface area contributed by atoms with Crippen LogP contribution in [0, 0.1) is 20.8 Å². The molecule has 2 heterocycles. The van der Waals surface area contributed by atoms with Gasteiger partial charge in [-0.3, -0.25) is 9.20 Å². The molecule has 128 valence electrons. The minimum Gasteiger partial charge on any atom is -0.469 e.